The Bertz CT molecular complexity index is 520. The third-order valence-electron chi connectivity index (χ3n) is 3.70. The molecule has 1 saturated carbocycles. The van der Waals surface area contributed by atoms with E-state index in [9.17, 15) is 18.5 Å². The molecule has 0 heterocycles. The van der Waals surface area contributed by atoms with Gasteiger partial charge in [0, 0.05) is 12.8 Å². The van der Waals surface area contributed by atoms with Crippen molar-refractivity contribution in [3.05, 3.63) is 0 Å². The standard InChI is InChI=1S/C14H24N2O4S/c1-13(2,3)20-12(17)16-10-14(9-15)7-5-11(6-8-14)21(4,18)19/h11H,5-8,10H2,1-4H3,(H,16,17). The van der Waals surface area contributed by atoms with Crippen LogP contribution in [-0.4, -0.2) is 38.2 Å². The fraction of sp³-hybridized carbons (Fsp3) is 0.857. The molecule has 0 bridgehead atoms. The Morgan fingerprint density at radius 1 is 1.38 bits per heavy atom. The summed E-state index contributed by atoms with van der Waals surface area (Å²) < 4.78 is 28.2. The first-order chi connectivity index (χ1) is 9.47. The van der Waals surface area contributed by atoms with Crippen LogP contribution in [0.15, 0.2) is 0 Å². The van der Waals surface area contributed by atoms with E-state index < -0.39 is 26.9 Å². The van der Waals surface area contributed by atoms with Gasteiger partial charge in [0.15, 0.2) is 0 Å². The van der Waals surface area contributed by atoms with Gasteiger partial charge in [-0.25, -0.2) is 13.2 Å². The van der Waals surface area contributed by atoms with Gasteiger partial charge in [-0.15, -0.1) is 0 Å². The van der Waals surface area contributed by atoms with Gasteiger partial charge in [0.1, 0.15) is 15.4 Å². The Morgan fingerprint density at radius 3 is 2.29 bits per heavy atom. The van der Waals surface area contributed by atoms with E-state index in [-0.39, 0.29) is 11.8 Å². The van der Waals surface area contributed by atoms with Crippen LogP contribution in [0.2, 0.25) is 0 Å². The number of hydrogen-bond acceptors (Lipinski definition) is 5. The lowest BCUT2D eigenvalue weighted by Gasteiger charge is -2.34. The van der Waals surface area contributed by atoms with Crippen molar-refractivity contribution in [1.29, 1.82) is 5.26 Å². The van der Waals surface area contributed by atoms with Crippen LogP contribution in [0.1, 0.15) is 46.5 Å². The Kier molecular flexibility index (Phi) is 5.26. The maximum Gasteiger partial charge on any atom is 0.407 e. The lowest BCUT2D eigenvalue weighted by molar-refractivity contribution is 0.0502. The highest BCUT2D eigenvalue weighted by Gasteiger charge is 2.39. The number of hydrogen-bond donors (Lipinski definition) is 1. The summed E-state index contributed by atoms with van der Waals surface area (Å²) in [6, 6.07) is 2.24. The molecular weight excluding hydrogens is 292 g/mol. The zero-order valence-corrected chi connectivity index (χ0v) is 13.9. The molecule has 0 aromatic heterocycles. The molecule has 0 aromatic rings. The van der Waals surface area contributed by atoms with Gasteiger partial charge in [0.2, 0.25) is 0 Å². The fourth-order valence-corrected chi connectivity index (χ4v) is 3.55. The summed E-state index contributed by atoms with van der Waals surface area (Å²) in [7, 11) is -3.06. The number of ether oxygens (including phenoxy) is 1. The molecule has 0 aliphatic heterocycles. The van der Waals surface area contributed by atoms with E-state index in [0.29, 0.717) is 25.7 Å². The van der Waals surface area contributed by atoms with Gasteiger partial charge in [-0.2, -0.15) is 5.26 Å². The number of alkyl carbamates (subject to hydrolysis) is 1. The van der Waals surface area contributed by atoms with Crippen LogP contribution in [0, 0.1) is 16.7 Å². The molecule has 21 heavy (non-hydrogen) atoms. The molecule has 0 atom stereocenters. The maximum atomic E-state index is 11.6. The number of nitrogens with one attached hydrogen (secondary N) is 1. The number of sulfone groups is 1. The molecule has 1 aliphatic rings. The van der Waals surface area contributed by atoms with E-state index in [4.69, 9.17) is 4.74 Å². The smallest absolute Gasteiger partial charge is 0.407 e. The van der Waals surface area contributed by atoms with Gasteiger partial charge in [0.25, 0.3) is 0 Å². The van der Waals surface area contributed by atoms with E-state index in [2.05, 4.69) is 11.4 Å². The number of carbonyl (C=O) groups excluding carboxylic acids is 1. The van der Waals surface area contributed by atoms with Crippen LogP contribution in [-0.2, 0) is 14.6 Å². The van der Waals surface area contributed by atoms with Crippen LogP contribution < -0.4 is 5.32 Å². The molecule has 1 fully saturated rings. The Morgan fingerprint density at radius 2 is 1.90 bits per heavy atom. The molecule has 0 aromatic carbocycles. The van der Waals surface area contributed by atoms with Gasteiger partial charge in [-0.1, -0.05) is 0 Å². The zero-order chi connectivity index (χ0) is 16.3. The number of carbonyl (C=O) groups is 1. The maximum absolute atomic E-state index is 11.6. The Balaban J connectivity index is 2.57. The third-order valence-corrected chi connectivity index (χ3v) is 5.38. The molecule has 0 unspecified atom stereocenters. The number of rotatable bonds is 3. The monoisotopic (exact) mass is 316 g/mol. The first-order valence-corrected chi connectivity index (χ1v) is 9.00. The highest BCUT2D eigenvalue weighted by molar-refractivity contribution is 7.91. The van der Waals surface area contributed by atoms with E-state index in [1.807, 2.05) is 0 Å². The quantitative estimate of drug-likeness (QED) is 0.859. The average Bonchev–Trinajstić information content (AvgIpc) is 2.34. The number of nitriles is 1. The minimum Gasteiger partial charge on any atom is -0.444 e. The molecule has 0 radical (unpaired) electrons. The van der Waals surface area contributed by atoms with Crippen LogP contribution in [0.25, 0.3) is 0 Å². The summed E-state index contributed by atoms with van der Waals surface area (Å²) >= 11 is 0. The highest BCUT2D eigenvalue weighted by atomic mass is 32.2. The molecule has 1 N–H and O–H groups in total. The van der Waals surface area contributed by atoms with E-state index in [1.165, 1.54) is 6.26 Å². The van der Waals surface area contributed by atoms with Crippen molar-refractivity contribution in [2.45, 2.75) is 57.3 Å². The first kappa shape index (κ1) is 17.8. The predicted molar refractivity (Wildman–Crippen MR) is 79.4 cm³/mol. The lowest BCUT2D eigenvalue weighted by Crippen LogP contribution is -2.43. The fourth-order valence-electron chi connectivity index (χ4n) is 2.46. The Hall–Kier alpha value is -1.29. The van der Waals surface area contributed by atoms with Crippen molar-refractivity contribution < 1.29 is 17.9 Å². The molecular formula is C14H24N2O4S. The van der Waals surface area contributed by atoms with Crippen LogP contribution in [0.3, 0.4) is 0 Å². The minimum absolute atomic E-state index is 0.189. The van der Waals surface area contributed by atoms with Gasteiger partial charge in [0.05, 0.1) is 16.7 Å². The summed E-state index contributed by atoms with van der Waals surface area (Å²) in [6.07, 6.45) is 2.54. The van der Waals surface area contributed by atoms with Crippen molar-refractivity contribution in [3.63, 3.8) is 0 Å². The highest BCUT2D eigenvalue weighted by Crippen LogP contribution is 2.37. The molecule has 0 spiro atoms. The van der Waals surface area contributed by atoms with E-state index in [1.54, 1.807) is 20.8 Å². The molecule has 6 nitrogen and oxygen atoms in total. The van der Waals surface area contributed by atoms with Crippen LogP contribution in [0.5, 0.6) is 0 Å². The molecule has 120 valence electrons. The van der Waals surface area contributed by atoms with Crippen molar-refractivity contribution in [1.82, 2.24) is 5.32 Å². The second-order valence-corrected chi connectivity index (χ2v) is 9.10. The lowest BCUT2D eigenvalue weighted by atomic mass is 9.75. The minimum atomic E-state index is -3.06. The molecule has 7 heteroatoms. The normalized spacial score (nSPS) is 26.7. The van der Waals surface area contributed by atoms with Crippen LogP contribution in [0.4, 0.5) is 4.79 Å². The first-order valence-electron chi connectivity index (χ1n) is 7.04. The summed E-state index contributed by atoms with van der Waals surface area (Å²) in [5.74, 6) is 0. The molecule has 1 aliphatic carbocycles. The third kappa shape index (κ3) is 5.54. The summed E-state index contributed by atoms with van der Waals surface area (Å²) in [5.41, 5.74) is -1.28. The van der Waals surface area contributed by atoms with Crippen molar-refractivity contribution in [2.24, 2.45) is 5.41 Å². The van der Waals surface area contributed by atoms with E-state index >= 15 is 0 Å². The summed E-state index contributed by atoms with van der Waals surface area (Å²) in [5, 5.41) is 11.6. The van der Waals surface area contributed by atoms with Crippen molar-refractivity contribution in [2.75, 3.05) is 12.8 Å². The largest absolute Gasteiger partial charge is 0.444 e. The molecule has 0 saturated heterocycles. The van der Waals surface area contributed by atoms with E-state index in [0.717, 1.165) is 0 Å². The zero-order valence-electron chi connectivity index (χ0n) is 13.1. The van der Waals surface area contributed by atoms with Gasteiger partial charge >= 0.3 is 6.09 Å². The van der Waals surface area contributed by atoms with Crippen molar-refractivity contribution in [3.8, 4) is 6.07 Å². The van der Waals surface area contributed by atoms with Gasteiger partial charge < -0.3 is 10.1 Å². The van der Waals surface area contributed by atoms with Crippen LogP contribution >= 0.6 is 0 Å². The number of amides is 1. The average molecular weight is 316 g/mol. The molecule has 1 rings (SSSR count). The summed E-state index contributed by atoms with van der Waals surface area (Å²) in [4.78, 5) is 11.6. The summed E-state index contributed by atoms with van der Waals surface area (Å²) in [6.45, 7) is 5.49. The van der Waals surface area contributed by atoms with Crippen molar-refractivity contribution >= 4 is 15.9 Å². The molecule has 1 amide bonds. The SMILES string of the molecule is CC(C)(C)OC(=O)NCC1(C#N)CCC(S(C)(=O)=O)CC1. The second-order valence-electron chi connectivity index (χ2n) is 6.78. The Labute approximate surface area is 126 Å². The van der Waals surface area contributed by atoms with Gasteiger partial charge in [-0.3, -0.25) is 0 Å². The number of nitrogens with zero attached hydrogens (tertiary/aromatic N) is 1. The topological polar surface area (TPSA) is 96.3 Å². The predicted octanol–water partition coefficient (Wildman–Crippen LogP) is 2.01. The van der Waals surface area contributed by atoms with Gasteiger partial charge in [-0.05, 0) is 46.5 Å². The second kappa shape index (κ2) is 6.22.